The number of fused-ring (bicyclic) bond motifs is 1. The van der Waals surface area contributed by atoms with Gasteiger partial charge in [-0.1, -0.05) is 30.3 Å². The molecule has 4 nitrogen and oxygen atoms in total. The molecule has 2 atom stereocenters. The third kappa shape index (κ3) is 4.78. The minimum Gasteiger partial charge on any atom is -0.491 e. The van der Waals surface area contributed by atoms with E-state index in [4.69, 9.17) is 9.47 Å². The van der Waals surface area contributed by atoms with Gasteiger partial charge in [-0.2, -0.15) is 0 Å². The summed E-state index contributed by atoms with van der Waals surface area (Å²) >= 11 is 0. The van der Waals surface area contributed by atoms with Crippen LogP contribution in [0.15, 0.2) is 48.5 Å². The average Bonchev–Trinajstić information content (AvgIpc) is 2.67. The average molecular weight is 353 g/mol. The molecule has 1 aliphatic carbocycles. The molecule has 2 aromatic carbocycles. The van der Waals surface area contributed by atoms with Crippen LogP contribution < -0.4 is 14.8 Å². The van der Waals surface area contributed by atoms with Gasteiger partial charge in [-0.3, -0.25) is 4.79 Å². The Morgan fingerprint density at radius 1 is 1.04 bits per heavy atom. The van der Waals surface area contributed by atoms with Crippen molar-refractivity contribution in [3.63, 3.8) is 0 Å². The molecule has 0 radical (unpaired) electrons. The predicted octanol–water partition coefficient (Wildman–Crippen LogP) is 3.92. The summed E-state index contributed by atoms with van der Waals surface area (Å²) in [6.07, 6.45) is 4.00. The quantitative estimate of drug-likeness (QED) is 0.821. The number of aryl methyl sites for hydroxylation is 1. The summed E-state index contributed by atoms with van der Waals surface area (Å²) in [5.41, 5.74) is 2.62. The van der Waals surface area contributed by atoms with Crippen molar-refractivity contribution >= 4 is 5.91 Å². The van der Waals surface area contributed by atoms with E-state index in [1.807, 2.05) is 49.4 Å². The highest BCUT2D eigenvalue weighted by molar-refractivity contribution is 5.81. The number of para-hydroxylation sites is 1. The molecule has 0 unspecified atom stereocenters. The summed E-state index contributed by atoms with van der Waals surface area (Å²) in [6, 6.07) is 15.6. The van der Waals surface area contributed by atoms with Gasteiger partial charge >= 0.3 is 0 Å². The lowest BCUT2D eigenvalue weighted by Crippen LogP contribution is -2.43. The van der Waals surface area contributed by atoms with Crippen molar-refractivity contribution in [2.45, 2.75) is 51.7 Å². The zero-order valence-electron chi connectivity index (χ0n) is 15.5. The van der Waals surface area contributed by atoms with Gasteiger partial charge in [0.05, 0.1) is 6.04 Å². The topological polar surface area (TPSA) is 47.6 Å². The first-order valence-electron chi connectivity index (χ1n) is 9.39. The molecule has 3 rings (SSSR count). The lowest BCUT2D eigenvalue weighted by Gasteiger charge is -2.23. The van der Waals surface area contributed by atoms with Crippen molar-refractivity contribution in [3.05, 3.63) is 59.7 Å². The molecule has 2 aromatic rings. The Bertz CT molecular complexity index is 729. The standard InChI is InChI=1S/C22H27NO3/c1-16(15-25-19-11-4-3-5-12-19)23-22(24)17(2)26-21-14-8-10-18-9-6-7-13-20(18)21/h3-5,8,10-12,14,16-17H,6-7,9,13,15H2,1-2H3,(H,23,24)/t16-,17-/m0/s1. The molecule has 26 heavy (non-hydrogen) atoms. The number of rotatable bonds is 7. The van der Waals surface area contributed by atoms with Crippen LogP contribution in [-0.2, 0) is 17.6 Å². The first-order valence-corrected chi connectivity index (χ1v) is 9.39. The number of nitrogens with one attached hydrogen (secondary N) is 1. The SMILES string of the molecule is C[C@H](Oc1cccc2c1CCCC2)C(=O)N[C@@H](C)COc1ccccc1. The highest BCUT2D eigenvalue weighted by Gasteiger charge is 2.20. The Morgan fingerprint density at radius 3 is 2.62 bits per heavy atom. The number of carbonyl (C=O) groups is 1. The van der Waals surface area contributed by atoms with Crippen LogP contribution in [0, 0.1) is 0 Å². The molecule has 1 aliphatic rings. The van der Waals surface area contributed by atoms with Gasteiger partial charge in [0.2, 0.25) is 0 Å². The van der Waals surface area contributed by atoms with E-state index in [0.717, 1.165) is 24.3 Å². The van der Waals surface area contributed by atoms with Crippen molar-refractivity contribution in [2.24, 2.45) is 0 Å². The van der Waals surface area contributed by atoms with Gasteiger partial charge in [0.15, 0.2) is 6.10 Å². The zero-order chi connectivity index (χ0) is 18.4. The fourth-order valence-corrected chi connectivity index (χ4v) is 3.24. The molecular formula is C22H27NO3. The molecule has 4 heteroatoms. The van der Waals surface area contributed by atoms with Crippen LogP contribution in [0.3, 0.4) is 0 Å². The normalized spacial score (nSPS) is 15.5. The lowest BCUT2D eigenvalue weighted by atomic mass is 9.91. The molecular weight excluding hydrogens is 326 g/mol. The highest BCUT2D eigenvalue weighted by Crippen LogP contribution is 2.30. The minimum atomic E-state index is -0.539. The van der Waals surface area contributed by atoms with Crippen LogP contribution in [0.1, 0.15) is 37.8 Å². The Labute approximate surface area is 155 Å². The summed E-state index contributed by atoms with van der Waals surface area (Å²) in [5.74, 6) is 1.52. The summed E-state index contributed by atoms with van der Waals surface area (Å²) in [5, 5.41) is 2.96. The number of ether oxygens (including phenoxy) is 2. The Kier molecular flexibility index (Phi) is 6.16. The maximum absolute atomic E-state index is 12.4. The van der Waals surface area contributed by atoms with Crippen molar-refractivity contribution in [3.8, 4) is 11.5 Å². The molecule has 0 aromatic heterocycles. The largest absolute Gasteiger partial charge is 0.491 e. The van der Waals surface area contributed by atoms with Crippen molar-refractivity contribution < 1.29 is 14.3 Å². The molecule has 0 bridgehead atoms. The Morgan fingerprint density at radius 2 is 1.81 bits per heavy atom. The molecule has 0 fully saturated rings. The second-order valence-electron chi connectivity index (χ2n) is 6.89. The summed E-state index contributed by atoms with van der Waals surface area (Å²) in [4.78, 5) is 12.4. The fraction of sp³-hybridized carbons (Fsp3) is 0.409. The van der Waals surface area contributed by atoms with E-state index in [-0.39, 0.29) is 11.9 Å². The molecule has 0 saturated heterocycles. The van der Waals surface area contributed by atoms with Crippen LogP contribution >= 0.6 is 0 Å². The second-order valence-corrected chi connectivity index (χ2v) is 6.89. The molecule has 0 spiro atoms. The van der Waals surface area contributed by atoms with Crippen molar-refractivity contribution in [1.82, 2.24) is 5.32 Å². The number of benzene rings is 2. The van der Waals surface area contributed by atoms with Crippen LogP contribution in [0.4, 0.5) is 0 Å². The minimum absolute atomic E-state index is 0.0987. The van der Waals surface area contributed by atoms with Crippen LogP contribution in [-0.4, -0.2) is 24.7 Å². The summed E-state index contributed by atoms with van der Waals surface area (Å²) in [6.45, 7) is 4.14. The molecule has 0 saturated carbocycles. The highest BCUT2D eigenvalue weighted by atomic mass is 16.5. The van der Waals surface area contributed by atoms with Gasteiger partial charge in [0, 0.05) is 0 Å². The van der Waals surface area contributed by atoms with E-state index in [0.29, 0.717) is 6.61 Å². The number of hydrogen-bond donors (Lipinski definition) is 1. The van der Waals surface area contributed by atoms with Gasteiger partial charge in [-0.05, 0) is 68.9 Å². The van der Waals surface area contributed by atoms with Crippen molar-refractivity contribution in [1.29, 1.82) is 0 Å². The van der Waals surface area contributed by atoms with Crippen LogP contribution in [0.5, 0.6) is 11.5 Å². The van der Waals surface area contributed by atoms with E-state index in [2.05, 4.69) is 11.4 Å². The Balaban J connectivity index is 1.51. The maximum Gasteiger partial charge on any atom is 0.261 e. The van der Waals surface area contributed by atoms with Gasteiger partial charge in [-0.25, -0.2) is 0 Å². The summed E-state index contributed by atoms with van der Waals surface area (Å²) < 4.78 is 11.7. The van der Waals surface area contributed by atoms with Gasteiger partial charge in [0.25, 0.3) is 5.91 Å². The smallest absolute Gasteiger partial charge is 0.261 e. The van der Waals surface area contributed by atoms with Gasteiger partial charge in [0.1, 0.15) is 18.1 Å². The third-order valence-electron chi connectivity index (χ3n) is 4.66. The number of hydrogen-bond acceptors (Lipinski definition) is 3. The zero-order valence-corrected chi connectivity index (χ0v) is 15.5. The molecule has 0 aliphatic heterocycles. The maximum atomic E-state index is 12.4. The molecule has 1 amide bonds. The first kappa shape index (κ1) is 18.3. The third-order valence-corrected chi connectivity index (χ3v) is 4.66. The van der Waals surface area contributed by atoms with E-state index >= 15 is 0 Å². The first-order chi connectivity index (χ1) is 12.6. The molecule has 1 N–H and O–H groups in total. The van der Waals surface area contributed by atoms with Crippen LogP contribution in [0.2, 0.25) is 0 Å². The van der Waals surface area contributed by atoms with E-state index < -0.39 is 6.10 Å². The molecule has 0 heterocycles. The monoisotopic (exact) mass is 353 g/mol. The van der Waals surface area contributed by atoms with E-state index in [1.54, 1.807) is 6.92 Å². The fourth-order valence-electron chi connectivity index (χ4n) is 3.24. The van der Waals surface area contributed by atoms with E-state index in [1.165, 1.54) is 24.0 Å². The van der Waals surface area contributed by atoms with Gasteiger partial charge < -0.3 is 14.8 Å². The van der Waals surface area contributed by atoms with Crippen molar-refractivity contribution in [2.75, 3.05) is 6.61 Å². The number of carbonyl (C=O) groups excluding carboxylic acids is 1. The molecule has 138 valence electrons. The summed E-state index contributed by atoms with van der Waals surface area (Å²) in [7, 11) is 0. The second kappa shape index (κ2) is 8.75. The van der Waals surface area contributed by atoms with Gasteiger partial charge in [-0.15, -0.1) is 0 Å². The van der Waals surface area contributed by atoms with E-state index in [9.17, 15) is 4.79 Å². The lowest BCUT2D eigenvalue weighted by molar-refractivity contribution is -0.128. The van der Waals surface area contributed by atoms with Crippen LogP contribution in [0.25, 0.3) is 0 Å². The number of amides is 1. The predicted molar refractivity (Wildman–Crippen MR) is 103 cm³/mol. The Hall–Kier alpha value is -2.49.